The van der Waals surface area contributed by atoms with Crippen LogP contribution in [0.15, 0.2) is 28.8 Å². The second-order valence-electron chi connectivity index (χ2n) is 3.88. The predicted molar refractivity (Wildman–Crippen MR) is 59.8 cm³/mol. The Hall–Kier alpha value is -1.14. The molecule has 0 radical (unpaired) electrons. The number of hydrogen-bond acceptors (Lipinski definition) is 2. The molecule has 0 saturated heterocycles. The van der Waals surface area contributed by atoms with E-state index in [-0.39, 0.29) is 21.1 Å². The fourth-order valence-electron chi connectivity index (χ4n) is 1.77. The molecule has 2 heterocycles. The van der Waals surface area contributed by atoms with Gasteiger partial charge >= 0.3 is 0 Å². The smallest absolute Gasteiger partial charge is 0.0987 e. The van der Waals surface area contributed by atoms with Gasteiger partial charge in [0.2, 0.25) is 0 Å². The Morgan fingerprint density at radius 2 is 1.88 bits per heavy atom. The quantitative estimate of drug-likeness (QED) is 0.549. The molecule has 3 heteroatoms. The predicted octanol–water partition coefficient (Wildman–Crippen LogP) is 3.40. The number of hydrogen-bond donors (Lipinski definition) is 0. The summed E-state index contributed by atoms with van der Waals surface area (Å²) < 4.78 is 5.72. The van der Waals surface area contributed by atoms with Crippen molar-refractivity contribution in [3.63, 3.8) is 0 Å². The van der Waals surface area contributed by atoms with Crippen LogP contribution in [0.1, 0.15) is 11.1 Å². The van der Waals surface area contributed by atoms with E-state index in [9.17, 15) is 0 Å². The summed E-state index contributed by atoms with van der Waals surface area (Å²) in [6, 6.07) is 9.18. The molecule has 16 heavy (non-hydrogen) atoms. The van der Waals surface area contributed by atoms with E-state index in [1.165, 1.54) is 0 Å². The normalized spacial score (nSPS) is 10.6. The number of furan rings is 1. The molecule has 0 spiro atoms. The molecule has 84 valence electrons. The van der Waals surface area contributed by atoms with Gasteiger partial charge in [-0.15, -0.1) is 23.8 Å². The zero-order chi connectivity index (χ0) is 10.4. The number of pyridine rings is 1. The van der Waals surface area contributed by atoms with Crippen molar-refractivity contribution in [3.8, 4) is 0 Å². The van der Waals surface area contributed by atoms with E-state index >= 15 is 0 Å². The van der Waals surface area contributed by atoms with E-state index in [0.717, 1.165) is 33.2 Å². The molecule has 0 aliphatic carbocycles. The van der Waals surface area contributed by atoms with Gasteiger partial charge in [0.1, 0.15) is 0 Å². The first-order chi connectivity index (χ1) is 7.24. The van der Waals surface area contributed by atoms with E-state index in [0.29, 0.717) is 0 Å². The molecule has 0 unspecified atom stereocenters. The molecule has 2 nitrogen and oxygen atoms in total. The van der Waals surface area contributed by atoms with Crippen molar-refractivity contribution in [2.75, 3.05) is 0 Å². The van der Waals surface area contributed by atoms with Crippen LogP contribution in [0.2, 0.25) is 0 Å². The van der Waals surface area contributed by atoms with Gasteiger partial charge < -0.3 is 9.40 Å². The second-order valence-corrected chi connectivity index (χ2v) is 3.88. The fourth-order valence-corrected chi connectivity index (χ4v) is 1.77. The summed E-state index contributed by atoms with van der Waals surface area (Å²) in [4.78, 5) is 4.37. The minimum atomic E-state index is 0. The summed E-state index contributed by atoms with van der Waals surface area (Å²) >= 11 is 0. The monoisotopic (exact) mass is 391 g/mol. The van der Waals surface area contributed by atoms with Gasteiger partial charge in [0, 0.05) is 38.4 Å². The molecule has 0 saturated carbocycles. The van der Waals surface area contributed by atoms with E-state index < -0.39 is 0 Å². The minimum absolute atomic E-state index is 0. The Morgan fingerprint density at radius 1 is 1.12 bits per heavy atom. The molecule has 0 amide bonds. The molecule has 0 aliphatic heterocycles. The number of aromatic nitrogens is 1. The maximum Gasteiger partial charge on any atom is 0.0987 e. The summed E-state index contributed by atoms with van der Waals surface area (Å²) in [6.07, 6.45) is 1.85. The summed E-state index contributed by atoms with van der Waals surface area (Å²) in [5.41, 5.74) is 4.86. The minimum Gasteiger partial charge on any atom is -0.509 e. The van der Waals surface area contributed by atoms with Gasteiger partial charge in [-0.1, -0.05) is 12.3 Å². The number of nitrogens with zero attached hydrogens (tertiary/aromatic N) is 1. The number of aryl methyl sites for hydroxylation is 2. The van der Waals surface area contributed by atoms with E-state index in [1.807, 2.05) is 38.2 Å². The van der Waals surface area contributed by atoms with Crippen LogP contribution in [-0.2, 0) is 21.1 Å². The van der Waals surface area contributed by atoms with E-state index in [4.69, 9.17) is 4.42 Å². The Morgan fingerprint density at radius 3 is 2.69 bits per heavy atom. The summed E-state index contributed by atoms with van der Waals surface area (Å²) in [6.45, 7) is 4.04. The third-order valence-corrected chi connectivity index (χ3v) is 2.50. The van der Waals surface area contributed by atoms with Crippen LogP contribution >= 0.6 is 0 Å². The molecular formula is C13H10NOPt-. The third-order valence-electron chi connectivity index (χ3n) is 2.50. The van der Waals surface area contributed by atoms with Crippen LogP contribution in [0.25, 0.3) is 22.1 Å². The fraction of sp³-hybridized carbons (Fsp3) is 0.154. The van der Waals surface area contributed by atoms with Gasteiger partial charge in [0.05, 0.1) is 5.58 Å². The van der Waals surface area contributed by atoms with Crippen molar-refractivity contribution in [1.82, 2.24) is 4.98 Å². The van der Waals surface area contributed by atoms with Crippen molar-refractivity contribution in [2.45, 2.75) is 13.8 Å². The SMILES string of the molecule is Cc1c[c-]c2c(c1)oc1cc(C)cnc12.[Pt]. The molecule has 2 aromatic heterocycles. The maximum absolute atomic E-state index is 5.72. The van der Waals surface area contributed by atoms with Crippen molar-refractivity contribution < 1.29 is 25.5 Å². The van der Waals surface area contributed by atoms with Gasteiger partial charge in [-0.2, -0.15) is 0 Å². The molecular weight excluding hydrogens is 381 g/mol. The summed E-state index contributed by atoms with van der Waals surface area (Å²) in [5, 5.41) is 0.968. The average Bonchev–Trinajstić information content (AvgIpc) is 2.53. The Balaban J connectivity index is 0.000000963. The number of fused-ring (bicyclic) bond motifs is 3. The second kappa shape index (κ2) is 4.03. The number of benzene rings is 1. The van der Waals surface area contributed by atoms with Crippen molar-refractivity contribution in [1.29, 1.82) is 0 Å². The standard InChI is InChI=1S/C13H10NO.Pt/c1-8-3-4-10-11(5-8)15-12-6-9(2)7-14-13(10)12;/h3,5-7H,1-2H3;/q-1;. The van der Waals surface area contributed by atoms with Crippen LogP contribution < -0.4 is 0 Å². The maximum atomic E-state index is 5.72. The first-order valence-electron chi connectivity index (χ1n) is 4.91. The van der Waals surface area contributed by atoms with E-state index in [1.54, 1.807) is 0 Å². The molecule has 0 N–H and O–H groups in total. The van der Waals surface area contributed by atoms with Crippen LogP contribution in [-0.4, -0.2) is 4.98 Å². The summed E-state index contributed by atoms with van der Waals surface area (Å²) in [5.74, 6) is 0. The molecule has 3 aromatic rings. The van der Waals surface area contributed by atoms with Crippen molar-refractivity contribution >= 4 is 22.1 Å². The zero-order valence-corrected chi connectivity index (χ0v) is 11.3. The van der Waals surface area contributed by atoms with Gasteiger partial charge in [-0.3, -0.25) is 0 Å². The van der Waals surface area contributed by atoms with E-state index in [2.05, 4.69) is 11.1 Å². The van der Waals surface area contributed by atoms with Gasteiger partial charge in [0.15, 0.2) is 0 Å². The largest absolute Gasteiger partial charge is 0.509 e. The van der Waals surface area contributed by atoms with Crippen LogP contribution in [0, 0.1) is 19.9 Å². The first-order valence-corrected chi connectivity index (χ1v) is 4.91. The molecule has 0 bridgehead atoms. The zero-order valence-electron chi connectivity index (χ0n) is 8.98. The third kappa shape index (κ3) is 1.67. The average molecular weight is 391 g/mol. The molecule has 3 rings (SSSR count). The van der Waals surface area contributed by atoms with Crippen molar-refractivity contribution in [2.24, 2.45) is 0 Å². The van der Waals surface area contributed by atoms with Crippen molar-refractivity contribution in [3.05, 3.63) is 41.6 Å². The topological polar surface area (TPSA) is 26.0 Å². The first kappa shape index (κ1) is 11.3. The Bertz CT molecular complexity index is 601. The Labute approximate surface area is 108 Å². The van der Waals surface area contributed by atoms with Crippen LogP contribution in [0.3, 0.4) is 0 Å². The van der Waals surface area contributed by atoms with Gasteiger partial charge in [-0.05, 0) is 18.6 Å². The molecule has 0 atom stereocenters. The Kier molecular flexibility index (Phi) is 2.85. The van der Waals surface area contributed by atoms with Crippen LogP contribution in [0.5, 0.6) is 0 Å². The molecule has 1 aromatic carbocycles. The molecule has 0 fully saturated rings. The molecule has 0 aliphatic rings. The van der Waals surface area contributed by atoms with Gasteiger partial charge in [0.25, 0.3) is 0 Å². The van der Waals surface area contributed by atoms with Crippen LogP contribution in [0.4, 0.5) is 0 Å². The number of rotatable bonds is 0. The van der Waals surface area contributed by atoms with Gasteiger partial charge in [-0.25, -0.2) is 0 Å². The summed E-state index contributed by atoms with van der Waals surface area (Å²) in [7, 11) is 0.